The summed E-state index contributed by atoms with van der Waals surface area (Å²) in [6.45, 7) is 5.09. The van der Waals surface area contributed by atoms with Gasteiger partial charge >= 0.3 is 0 Å². The molecular formula is C12H21N3S. The van der Waals surface area contributed by atoms with Crippen LogP contribution in [-0.2, 0) is 6.42 Å². The molecule has 1 aliphatic rings. The first-order valence-electron chi connectivity index (χ1n) is 6.10. The van der Waals surface area contributed by atoms with Crippen LogP contribution in [-0.4, -0.2) is 22.1 Å². The molecule has 0 saturated carbocycles. The van der Waals surface area contributed by atoms with Gasteiger partial charge in [0.2, 0.25) is 0 Å². The molecular weight excluding hydrogens is 218 g/mol. The Hall–Kier alpha value is -0.480. The first-order chi connectivity index (χ1) is 7.74. The van der Waals surface area contributed by atoms with Crippen molar-refractivity contribution in [3.8, 4) is 0 Å². The van der Waals surface area contributed by atoms with Crippen LogP contribution in [0.1, 0.15) is 41.6 Å². The minimum Gasteiger partial charge on any atom is -0.330 e. The number of aromatic nitrogens is 2. The Morgan fingerprint density at radius 1 is 1.50 bits per heavy atom. The van der Waals surface area contributed by atoms with Crippen LogP contribution in [0.3, 0.4) is 0 Å². The van der Waals surface area contributed by atoms with E-state index in [0.29, 0.717) is 5.37 Å². The Kier molecular flexibility index (Phi) is 3.92. The van der Waals surface area contributed by atoms with E-state index in [1.807, 2.05) is 11.8 Å². The molecule has 1 aliphatic heterocycles. The molecule has 0 bridgehead atoms. The molecule has 2 N–H and O–H groups in total. The fourth-order valence-corrected chi connectivity index (χ4v) is 3.66. The van der Waals surface area contributed by atoms with Gasteiger partial charge in [-0.25, -0.2) is 0 Å². The summed E-state index contributed by atoms with van der Waals surface area (Å²) in [7, 11) is 0. The fourth-order valence-electron chi connectivity index (χ4n) is 2.37. The van der Waals surface area contributed by atoms with Crippen LogP contribution in [0.4, 0.5) is 0 Å². The highest BCUT2D eigenvalue weighted by molar-refractivity contribution is 7.99. The molecule has 1 unspecified atom stereocenters. The Balaban J connectivity index is 2.19. The summed E-state index contributed by atoms with van der Waals surface area (Å²) in [5.74, 6) is 1.28. The zero-order valence-corrected chi connectivity index (χ0v) is 11.0. The highest BCUT2D eigenvalue weighted by Crippen LogP contribution is 2.36. The van der Waals surface area contributed by atoms with E-state index in [1.54, 1.807) is 0 Å². The van der Waals surface area contributed by atoms with E-state index < -0.39 is 0 Å². The van der Waals surface area contributed by atoms with Gasteiger partial charge in [0.1, 0.15) is 0 Å². The molecule has 0 aliphatic carbocycles. The number of hydrogen-bond donors (Lipinski definition) is 1. The average molecular weight is 239 g/mol. The van der Waals surface area contributed by atoms with E-state index in [-0.39, 0.29) is 0 Å². The molecule has 2 rings (SSSR count). The highest BCUT2D eigenvalue weighted by Gasteiger charge is 2.22. The number of nitrogens with two attached hydrogens (primary N) is 1. The molecule has 0 amide bonds. The van der Waals surface area contributed by atoms with Crippen molar-refractivity contribution in [2.24, 2.45) is 5.73 Å². The van der Waals surface area contributed by atoms with Gasteiger partial charge in [-0.15, -0.1) is 11.8 Å². The van der Waals surface area contributed by atoms with Crippen molar-refractivity contribution in [1.29, 1.82) is 0 Å². The maximum Gasteiger partial charge on any atom is 0.0974 e. The van der Waals surface area contributed by atoms with Gasteiger partial charge in [-0.2, -0.15) is 5.10 Å². The van der Waals surface area contributed by atoms with Gasteiger partial charge < -0.3 is 5.73 Å². The normalized spacial score (nSPS) is 20.6. The topological polar surface area (TPSA) is 43.8 Å². The molecule has 90 valence electrons. The molecule has 0 spiro atoms. The molecule has 3 nitrogen and oxygen atoms in total. The predicted molar refractivity (Wildman–Crippen MR) is 69.8 cm³/mol. The van der Waals surface area contributed by atoms with Crippen LogP contribution in [0, 0.1) is 13.8 Å². The third-order valence-electron chi connectivity index (χ3n) is 3.28. The smallest absolute Gasteiger partial charge is 0.0974 e. The van der Waals surface area contributed by atoms with Gasteiger partial charge in [0.15, 0.2) is 0 Å². The fraction of sp³-hybridized carbons (Fsp3) is 0.750. The molecule has 1 fully saturated rings. The summed E-state index contributed by atoms with van der Waals surface area (Å²) < 4.78 is 2.23. The van der Waals surface area contributed by atoms with Gasteiger partial charge in [0.25, 0.3) is 0 Å². The SMILES string of the molecule is Cc1nn(C2CCCS2)c(C)c1CCCN. The molecule has 1 aromatic heterocycles. The van der Waals surface area contributed by atoms with Crippen LogP contribution >= 0.6 is 11.8 Å². The Labute approximate surface area is 102 Å². The quantitative estimate of drug-likeness (QED) is 0.877. The Morgan fingerprint density at radius 2 is 2.31 bits per heavy atom. The molecule has 1 atom stereocenters. The molecule has 0 aromatic carbocycles. The average Bonchev–Trinajstić information content (AvgIpc) is 2.86. The highest BCUT2D eigenvalue weighted by atomic mass is 32.2. The van der Waals surface area contributed by atoms with Gasteiger partial charge in [0, 0.05) is 5.69 Å². The first-order valence-corrected chi connectivity index (χ1v) is 7.15. The van der Waals surface area contributed by atoms with Crippen LogP contribution in [0.15, 0.2) is 0 Å². The molecule has 0 radical (unpaired) electrons. The molecule has 16 heavy (non-hydrogen) atoms. The molecule has 1 saturated heterocycles. The summed E-state index contributed by atoms with van der Waals surface area (Å²) in [4.78, 5) is 0. The van der Waals surface area contributed by atoms with Gasteiger partial charge in [0.05, 0.1) is 11.1 Å². The van der Waals surface area contributed by atoms with Crippen molar-refractivity contribution in [2.45, 2.75) is 44.9 Å². The largest absolute Gasteiger partial charge is 0.330 e. The number of nitrogens with zero attached hydrogens (tertiary/aromatic N) is 2. The zero-order valence-electron chi connectivity index (χ0n) is 10.2. The lowest BCUT2D eigenvalue weighted by Gasteiger charge is -2.11. The first kappa shape index (κ1) is 12.0. The van der Waals surface area contributed by atoms with Gasteiger partial charge in [-0.05, 0) is 57.4 Å². The maximum atomic E-state index is 5.57. The third kappa shape index (κ3) is 2.28. The van der Waals surface area contributed by atoms with Crippen LogP contribution in [0.2, 0.25) is 0 Å². The lowest BCUT2D eigenvalue weighted by atomic mass is 10.1. The number of thioether (sulfide) groups is 1. The van der Waals surface area contributed by atoms with Crippen molar-refractivity contribution in [1.82, 2.24) is 9.78 Å². The standard InChI is InChI=1S/C12H21N3S/c1-9-11(5-3-7-13)10(2)15(14-9)12-6-4-8-16-12/h12H,3-8,13H2,1-2H3. The van der Waals surface area contributed by atoms with Crippen molar-refractivity contribution < 1.29 is 0 Å². The Bertz CT molecular complexity index is 353. The summed E-state index contributed by atoms with van der Waals surface area (Å²) in [6, 6.07) is 0. The van der Waals surface area contributed by atoms with E-state index in [9.17, 15) is 0 Å². The van der Waals surface area contributed by atoms with Gasteiger partial charge in [-0.1, -0.05) is 0 Å². The molecule has 2 heterocycles. The monoisotopic (exact) mass is 239 g/mol. The van der Waals surface area contributed by atoms with E-state index in [1.165, 1.54) is 35.5 Å². The summed E-state index contributed by atoms with van der Waals surface area (Å²) in [5, 5.41) is 5.27. The maximum absolute atomic E-state index is 5.57. The van der Waals surface area contributed by atoms with Crippen molar-refractivity contribution in [2.75, 3.05) is 12.3 Å². The second-order valence-corrected chi connectivity index (χ2v) is 5.74. The van der Waals surface area contributed by atoms with E-state index in [0.717, 1.165) is 19.4 Å². The second-order valence-electron chi connectivity index (χ2n) is 4.45. The van der Waals surface area contributed by atoms with Gasteiger partial charge in [-0.3, -0.25) is 4.68 Å². The second kappa shape index (κ2) is 5.23. The lowest BCUT2D eigenvalue weighted by molar-refractivity contribution is 0.560. The van der Waals surface area contributed by atoms with Crippen LogP contribution in [0.5, 0.6) is 0 Å². The third-order valence-corrected chi connectivity index (χ3v) is 4.63. The minimum absolute atomic E-state index is 0.574. The number of hydrogen-bond acceptors (Lipinski definition) is 3. The summed E-state index contributed by atoms with van der Waals surface area (Å²) >= 11 is 2.03. The summed E-state index contributed by atoms with van der Waals surface area (Å²) in [6.07, 6.45) is 4.73. The van der Waals surface area contributed by atoms with Crippen LogP contribution in [0.25, 0.3) is 0 Å². The summed E-state index contributed by atoms with van der Waals surface area (Å²) in [5.41, 5.74) is 9.53. The Morgan fingerprint density at radius 3 is 2.94 bits per heavy atom. The molecule has 4 heteroatoms. The zero-order chi connectivity index (χ0) is 11.5. The number of rotatable bonds is 4. The predicted octanol–water partition coefficient (Wildman–Crippen LogP) is 2.42. The van der Waals surface area contributed by atoms with Crippen molar-refractivity contribution in [3.63, 3.8) is 0 Å². The molecule has 1 aromatic rings. The van der Waals surface area contributed by atoms with Crippen molar-refractivity contribution in [3.05, 3.63) is 17.0 Å². The lowest BCUT2D eigenvalue weighted by Crippen LogP contribution is -2.06. The van der Waals surface area contributed by atoms with E-state index >= 15 is 0 Å². The minimum atomic E-state index is 0.574. The van der Waals surface area contributed by atoms with Crippen molar-refractivity contribution >= 4 is 11.8 Å². The van der Waals surface area contributed by atoms with Crippen LogP contribution < -0.4 is 5.73 Å². The van der Waals surface area contributed by atoms with E-state index in [4.69, 9.17) is 10.8 Å². The number of aryl methyl sites for hydroxylation is 1. The van der Waals surface area contributed by atoms with E-state index in [2.05, 4.69) is 18.5 Å².